The number of nitrogens with one attached hydrogen (secondary N) is 1. The number of thiophene rings is 1. The van der Waals surface area contributed by atoms with Crippen molar-refractivity contribution in [2.75, 3.05) is 50.6 Å². The zero-order chi connectivity index (χ0) is 22.5. The summed E-state index contributed by atoms with van der Waals surface area (Å²) < 4.78 is 11.6. The predicted molar refractivity (Wildman–Crippen MR) is 128 cm³/mol. The third-order valence-electron chi connectivity index (χ3n) is 5.48. The number of fused-ring (bicyclic) bond motifs is 1. The molecule has 7 nitrogen and oxygen atoms in total. The molecule has 0 saturated heterocycles. The van der Waals surface area contributed by atoms with Crippen LogP contribution >= 0.6 is 11.3 Å². The number of benzene rings is 1. The SMILES string of the molecule is CNCCC(Oc1cccc(N2CCN(C)c3nc(OC)ccc3C2=O)c1)c1cccs1. The zero-order valence-electron chi connectivity index (χ0n) is 18.6. The lowest BCUT2D eigenvalue weighted by atomic mass is 10.2. The van der Waals surface area contributed by atoms with Crippen LogP contribution in [0.5, 0.6) is 11.6 Å². The van der Waals surface area contributed by atoms with Gasteiger partial charge in [-0.2, -0.15) is 4.98 Å². The van der Waals surface area contributed by atoms with E-state index in [0.717, 1.165) is 24.4 Å². The summed E-state index contributed by atoms with van der Waals surface area (Å²) in [5, 5.41) is 5.26. The molecular weight excluding hydrogens is 424 g/mol. The van der Waals surface area contributed by atoms with Gasteiger partial charge < -0.3 is 24.6 Å². The van der Waals surface area contributed by atoms with Gasteiger partial charge in [-0.3, -0.25) is 4.79 Å². The first-order chi connectivity index (χ1) is 15.6. The van der Waals surface area contributed by atoms with Crippen molar-refractivity contribution in [2.45, 2.75) is 12.5 Å². The largest absolute Gasteiger partial charge is 0.485 e. The van der Waals surface area contributed by atoms with Gasteiger partial charge in [0.25, 0.3) is 5.91 Å². The number of rotatable bonds is 8. The Morgan fingerprint density at radius 2 is 2.06 bits per heavy atom. The summed E-state index contributed by atoms with van der Waals surface area (Å²) in [5.41, 5.74) is 1.37. The second-order valence-corrected chi connectivity index (χ2v) is 8.59. The van der Waals surface area contributed by atoms with Crippen LogP contribution < -0.4 is 24.6 Å². The monoisotopic (exact) mass is 452 g/mol. The Balaban J connectivity index is 1.60. The number of pyridine rings is 1. The fourth-order valence-corrected chi connectivity index (χ4v) is 4.54. The second kappa shape index (κ2) is 10.0. The number of nitrogens with zero attached hydrogens (tertiary/aromatic N) is 3. The van der Waals surface area contributed by atoms with Gasteiger partial charge >= 0.3 is 0 Å². The molecule has 1 N–H and O–H groups in total. The third-order valence-corrected chi connectivity index (χ3v) is 6.44. The Kier molecular flexibility index (Phi) is 6.92. The second-order valence-electron chi connectivity index (χ2n) is 7.61. The Bertz CT molecular complexity index is 1060. The highest BCUT2D eigenvalue weighted by Crippen LogP contribution is 2.32. The van der Waals surface area contributed by atoms with E-state index >= 15 is 0 Å². The van der Waals surface area contributed by atoms with Crippen molar-refractivity contribution in [2.24, 2.45) is 0 Å². The summed E-state index contributed by atoms with van der Waals surface area (Å²) in [4.78, 5) is 22.9. The fraction of sp³-hybridized carbons (Fsp3) is 0.333. The number of aromatic nitrogens is 1. The van der Waals surface area contributed by atoms with Crippen LogP contribution in [0.1, 0.15) is 27.8 Å². The van der Waals surface area contributed by atoms with E-state index in [1.165, 1.54) is 4.88 Å². The molecule has 3 aromatic rings. The van der Waals surface area contributed by atoms with Gasteiger partial charge in [-0.1, -0.05) is 12.1 Å². The normalized spacial score (nSPS) is 14.7. The van der Waals surface area contributed by atoms with Crippen LogP contribution in [0.15, 0.2) is 53.9 Å². The first kappa shape index (κ1) is 22.1. The van der Waals surface area contributed by atoms with Crippen molar-refractivity contribution < 1.29 is 14.3 Å². The number of anilines is 2. The molecule has 1 aromatic carbocycles. The lowest BCUT2D eigenvalue weighted by Crippen LogP contribution is -2.33. The van der Waals surface area contributed by atoms with E-state index in [2.05, 4.69) is 21.7 Å². The molecule has 32 heavy (non-hydrogen) atoms. The summed E-state index contributed by atoms with van der Waals surface area (Å²) in [5.74, 6) is 1.79. The maximum absolute atomic E-state index is 13.4. The summed E-state index contributed by atoms with van der Waals surface area (Å²) in [7, 11) is 5.45. The van der Waals surface area contributed by atoms with Crippen molar-refractivity contribution in [1.29, 1.82) is 0 Å². The van der Waals surface area contributed by atoms with E-state index in [4.69, 9.17) is 9.47 Å². The number of amides is 1. The summed E-state index contributed by atoms with van der Waals surface area (Å²) in [6.07, 6.45) is 0.816. The Labute approximate surface area is 192 Å². The number of ether oxygens (including phenoxy) is 2. The van der Waals surface area contributed by atoms with Crippen molar-refractivity contribution >= 4 is 28.7 Å². The van der Waals surface area contributed by atoms with Gasteiger partial charge in [0.15, 0.2) is 0 Å². The molecule has 1 unspecified atom stereocenters. The van der Waals surface area contributed by atoms with Crippen LogP contribution in [-0.4, -0.2) is 51.7 Å². The average molecular weight is 453 g/mol. The molecule has 8 heteroatoms. The van der Waals surface area contributed by atoms with Gasteiger partial charge in [0.1, 0.15) is 17.7 Å². The standard InChI is InChI=1S/C24H28N4O3S/c1-25-12-11-20(21-8-5-15-32-21)31-18-7-4-6-17(16-18)28-14-13-27(2)23-19(24(28)29)9-10-22(26-23)30-3/h4-10,15-16,20,25H,11-14H2,1-3H3. The fourth-order valence-electron chi connectivity index (χ4n) is 3.75. The van der Waals surface area contributed by atoms with E-state index in [1.807, 2.05) is 49.3 Å². The van der Waals surface area contributed by atoms with E-state index in [0.29, 0.717) is 30.4 Å². The third kappa shape index (κ3) is 4.71. The minimum atomic E-state index is -0.0818. The molecule has 0 aliphatic carbocycles. The summed E-state index contributed by atoms with van der Waals surface area (Å²) in [6, 6.07) is 15.4. The first-order valence-electron chi connectivity index (χ1n) is 10.6. The highest BCUT2D eigenvalue weighted by Gasteiger charge is 2.28. The molecule has 0 radical (unpaired) electrons. The van der Waals surface area contributed by atoms with Crippen molar-refractivity contribution in [3.05, 3.63) is 64.4 Å². The minimum absolute atomic E-state index is 0.0407. The number of hydrogen-bond acceptors (Lipinski definition) is 7. The van der Waals surface area contributed by atoms with Gasteiger partial charge in [0, 0.05) is 49.3 Å². The Morgan fingerprint density at radius 1 is 1.19 bits per heavy atom. The molecule has 0 fully saturated rings. The highest BCUT2D eigenvalue weighted by atomic mass is 32.1. The maximum Gasteiger partial charge on any atom is 0.262 e. The molecule has 0 bridgehead atoms. The van der Waals surface area contributed by atoms with E-state index in [1.54, 1.807) is 35.5 Å². The Hall–Kier alpha value is -3.10. The van der Waals surface area contributed by atoms with Crippen LogP contribution in [0.25, 0.3) is 0 Å². The van der Waals surface area contributed by atoms with Crippen LogP contribution in [0.2, 0.25) is 0 Å². The first-order valence-corrected chi connectivity index (χ1v) is 11.5. The van der Waals surface area contributed by atoms with Gasteiger partial charge in [-0.05, 0) is 43.2 Å². The highest BCUT2D eigenvalue weighted by molar-refractivity contribution is 7.10. The molecular formula is C24H28N4O3S. The number of hydrogen-bond donors (Lipinski definition) is 1. The molecule has 1 amide bonds. The Morgan fingerprint density at radius 3 is 2.81 bits per heavy atom. The van der Waals surface area contributed by atoms with Gasteiger partial charge in [-0.15, -0.1) is 11.3 Å². The predicted octanol–water partition coefficient (Wildman–Crippen LogP) is 3.98. The quantitative estimate of drug-likeness (QED) is 0.558. The van der Waals surface area contributed by atoms with Gasteiger partial charge in [0.05, 0.1) is 12.7 Å². The number of likely N-dealkylation sites (N-methyl/N-ethyl adjacent to an activating group) is 1. The number of methoxy groups -OCH3 is 1. The molecule has 3 heterocycles. The van der Waals surface area contributed by atoms with Gasteiger partial charge in [0.2, 0.25) is 5.88 Å². The molecule has 0 spiro atoms. The molecule has 168 valence electrons. The lowest BCUT2D eigenvalue weighted by Gasteiger charge is -2.23. The van der Waals surface area contributed by atoms with Crippen molar-refractivity contribution in [3.8, 4) is 11.6 Å². The maximum atomic E-state index is 13.4. The topological polar surface area (TPSA) is 66.9 Å². The number of carbonyl (C=O) groups excluding carboxylic acids is 1. The molecule has 4 rings (SSSR count). The van der Waals surface area contributed by atoms with Crippen LogP contribution in [0.3, 0.4) is 0 Å². The van der Waals surface area contributed by atoms with Crippen LogP contribution in [-0.2, 0) is 0 Å². The molecule has 1 aliphatic heterocycles. The lowest BCUT2D eigenvalue weighted by molar-refractivity contribution is 0.0990. The minimum Gasteiger partial charge on any atom is -0.485 e. The smallest absolute Gasteiger partial charge is 0.262 e. The number of carbonyl (C=O) groups is 1. The van der Waals surface area contributed by atoms with Crippen molar-refractivity contribution in [3.63, 3.8) is 0 Å². The van der Waals surface area contributed by atoms with E-state index in [9.17, 15) is 4.79 Å². The van der Waals surface area contributed by atoms with Crippen molar-refractivity contribution in [1.82, 2.24) is 10.3 Å². The zero-order valence-corrected chi connectivity index (χ0v) is 19.4. The van der Waals surface area contributed by atoms with E-state index < -0.39 is 0 Å². The van der Waals surface area contributed by atoms with Gasteiger partial charge in [-0.25, -0.2) is 0 Å². The molecule has 2 aromatic heterocycles. The summed E-state index contributed by atoms with van der Waals surface area (Å²) in [6.45, 7) is 2.06. The van der Waals surface area contributed by atoms with E-state index in [-0.39, 0.29) is 12.0 Å². The molecule has 1 atom stereocenters. The van der Waals surface area contributed by atoms with Crippen LogP contribution in [0.4, 0.5) is 11.5 Å². The average Bonchev–Trinajstić information content (AvgIpc) is 3.32. The molecule has 1 aliphatic rings. The van der Waals surface area contributed by atoms with Crippen LogP contribution in [0, 0.1) is 0 Å². The molecule has 0 saturated carbocycles. The summed E-state index contributed by atoms with van der Waals surface area (Å²) >= 11 is 1.69.